The van der Waals surface area contributed by atoms with Gasteiger partial charge in [-0.15, -0.1) is 24.0 Å². The average molecular weight is 424 g/mol. The van der Waals surface area contributed by atoms with Crippen LogP contribution in [0.15, 0.2) is 17.4 Å². The quantitative estimate of drug-likeness (QED) is 0.386. The molecule has 0 aliphatic heterocycles. The zero-order chi connectivity index (χ0) is 15.8. The lowest BCUT2D eigenvalue weighted by Gasteiger charge is -2.25. The molecular weight excluding hydrogens is 395 g/mol. The number of nitrogens with zero attached hydrogens (tertiary/aromatic N) is 4. The third-order valence-electron chi connectivity index (χ3n) is 3.22. The summed E-state index contributed by atoms with van der Waals surface area (Å²) in [5.74, 6) is 0.773. The summed E-state index contributed by atoms with van der Waals surface area (Å²) in [6, 6.07) is 0.437. The number of ether oxygens (including phenoxy) is 1. The van der Waals surface area contributed by atoms with Gasteiger partial charge in [-0.25, -0.2) is 0 Å². The van der Waals surface area contributed by atoms with Gasteiger partial charge in [-0.1, -0.05) is 0 Å². The molecule has 0 amide bonds. The Balaban J connectivity index is 0.00000441. The lowest BCUT2D eigenvalue weighted by molar-refractivity contribution is 0.179. The average Bonchev–Trinajstić information content (AvgIpc) is 2.84. The van der Waals surface area contributed by atoms with Crippen LogP contribution in [0.3, 0.4) is 0 Å². The predicted octanol–water partition coefficient (Wildman–Crippen LogP) is 0.841. The number of methoxy groups -OCH3 is 1. The van der Waals surface area contributed by atoms with E-state index >= 15 is 0 Å². The van der Waals surface area contributed by atoms with Crippen LogP contribution in [0, 0.1) is 0 Å². The predicted molar refractivity (Wildman–Crippen MR) is 101 cm³/mol. The van der Waals surface area contributed by atoms with E-state index in [1.165, 1.54) is 5.56 Å². The molecule has 8 heteroatoms. The van der Waals surface area contributed by atoms with E-state index in [1.807, 2.05) is 24.1 Å². The van der Waals surface area contributed by atoms with Crippen molar-refractivity contribution in [1.29, 1.82) is 0 Å². The number of halogens is 1. The summed E-state index contributed by atoms with van der Waals surface area (Å²) in [5, 5.41) is 10.9. The molecule has 1 aromatic heterocycles. The molecule has 0 saturated carbocycles. The minimum Gasteiger partial charge on any atom is -0.383 e. The van der Waals surface area contributed by atoms with Crippen LogP contribution in [0.1, 0.15) is 18.5 Å². The number of likely N-dealkylation sites (N-methyl/N-ethyl adjacent to an activating group) is 1. The van der Waals surface area contributed by atoms with E-state index in [1.54, 1.807) is 14.2 Å². The van der Waals surface area contributed by atoms with Gasteiger partial charge >= 0.3 is 0 Å². The fraction of sp³-hybridized carbons (Fsp3) is 0.714. The van der Waals surface area contributed by atoms with Crippen LogP contribution >= 0.6 is 24.0 Å². The SMILES string of the molecule is CN=C(NCC(c1cnn(C)c1)N(C)C)NC(C)COC.I. The molecule has 0 radical (unpaired) electrons. The number of hydrogen-bond donors (Lipinski definition) is 2. The van der Waals surface area contributed by atoms with Crippen LogP contribution in [0.4, 0.5) is 0 Å². The zero-order valence-electron chi connectivity index (χ0n) is 14.3. The molecule has 2 unspecified atom stereocenters. The minimum absolute atomic E-state index is 0. The van der Waals surface area contributed by atoms with Crippen molar-refractivity contribution < 1.29 is 4.74 Å². The maximum Gasteiger partial charge on any atom is 0.191 e. The first-order valence-electron chi connectivity index (χ1n) is 7.09. The summed E-state index contributed by atoms with van der Waals surface area (Å²) in [7, 11) is 9.51. The highest BCUT2D eigenvalue weighted by Gasteiger charge is 2.16. The van der Waals surface area contributed by atoms with Crippen LogP contribution in [0.2, 0.25) is 0 Å². The largest absolute Gasteiger partial charge is 0.383 e. The van der Waals surface area contributed by atoms with Crippen LogP contribution in [-0.2, 0) is 11.8 Å². The van der Waals surface area contributed by atoms with Gasteiger partial charge in [0.1, 0.15) is 0 Å². The van der Waals surface area contributed by atoms with Crippen molar-refractivity contribution >= 4 is 29.9 Å². The van der Waals surface area contributed by atoms with E-state index in [9.17, 15) is 0 Å². The van der Waals surface area contributed by atoms with Crippen LogP contribution in [-0.4, -0.2) is 68.1 Å². The Morgan fingerprint density at radius 1 is 1.50 bits per heavy atom. The van der Waals surface area contributed by atoms with Crippen LogP contribution in [0.25, 0.3) is 0 Å². The first-order chi connectivity index (χ1) is 9.97. The van der Waals surface area contributed by atoms with E-state index < -0.39 is 0 Å². The molecule has 22 heavy (non-hydrogen) atoms. The third kappa shape index (κ3) is 6.93. The van der Waals surface area contributed by atoms with Crippen molar-refractivity contribution in [1.82, 2.24) is 25.3 Å². The van der Waals surface area contributed by atoms with Crippen molar-refractivity contribution in [3.8, 4) is 0 Å². The summed E-state index contributed by atoms with van der Waals surface area (Å²) >= 11 is 0. The van der Waals surface area contributed by atoms with E-state index in [0.717, 1.165) is 12.5 Å². The monoisotopic (exact) mass is 424 g/mol. The Morgan fingerprint density at radius 2 is 2.18 bits per heavy atom. The Hall–Kier alpha value is -0.870. The standard InChI is InChI=1S/C14H28N6O.HI/c1-11(10-21-6)18-14(15-2)16-8-13(19(3)4)12-7-17-20(5)9-12;/h7,9,11,13H,8,10H2,1-6H3,(H2,15,16,18);1H. The Labute approximate surface area is 150 Å². The van der Waals surface area contributed by atoms with E-state index in [0.29, 0.717) is 6.61 Å². The lowest BCUT2D eigenvalue weighted by Crippen LogP contribution is -2.46. The topological polar surface area (TPSA) is 66.7 Å². The first kappa shape index (κ1) is 21.1. The maximum atomic E-state index is 5.12. The molecule has 0 aliphatic rings. The van der Waals surface area contributed by atoms with Crippen molar-refractivity contribution in [3.05, 3.63) is 18.0 Å². The van der Waals surface area contributed by atoms with Gasteiger partial charge in [-0.05, 0) is 21.0 Å². The number of aryl methyl sites for hydroxylation is 1. The molecule has 7 nitrogen and oxygen atoms in total. The van der Waals surface area contributed by atoms with Gasteiger partial charge in [0, 0.05) is 45.6 Å². The Kier molecular flexibility index (Phi) is 10.4. The summed E-state index contributed by atoms with van der Waals surface area (Å²) in [4.78, 5) is 6.40. The van der Waals surface area contributed by atoms with Crippen molar-refractivity contribution in [2.24, 2.45) is 12.0 Å². The summed E-state index contributed by atoms with van der Waals surface area (Å²) in [6.45, 7) is 3.44. The van der Waals surface area contributed by atoms with Crippen molar-refractivity contribution in [2.75, 3.05) is 41.4 Å². The molecular formula is C14H29IN6O. The molecule has 2 N–H and O–H groups in total. The molecule has 1 rings (SSSR count). The highest BCUT2D eigenvalue weighted by atomic mass is 127. The van der Waals surface area contributed by atoms with E-state index in [2.05, 4.69) is 46.6 Å². The van der Waals surface area contributed by atoms with E-state index in [4.69, 9.17) is 4.74 Å². The van der Waals surface area contributed by atoms with Gasteiger partial charge in [0.2, 0.25) is 0 Å². The van der Waals surface area contributed by atoms with E-state index in [-0.39, 0.29) is 36.1 Å². The first-order valence-corrected chi connectivity index (χ1v) is 7.09. The highest BCUT2D eigenvalue weighted by molar-refractivity contribution is 14.0. The second-order valence-corrected chi connectivity index (χ2v) is 5.38. The molecule has 0 aliphatic carbocycles. The smallest absolute Gasteiger partial charge is 0.191 e. The second-order valence-electron chi connectivity index (χ2n) is 5.38. The molecule has 2 atom stereocenters. The summed E-state index contributed by atoms with van der Waals surface area (Å²) in [6.07, 6.45) is 3.94. The minimum atomic E-state index is 0. The van der Waals surface area contributed by atoms with Crippen molar-refractivity contribution in [3.63, 3.8) is 0 Å². The van der Waals surface area contributed by atoms with Gasteiger partial charge in [0.15, 0.2) is 5.96 Å². The molecule has 0 spiro atoms. The van der Waals surface area contributed by atoms with Crippen LogP contribution in [0.5, 0.6) is 0 Å². The molecule has 1 aromatic rings. The maximum absolute atomic E-state index is 5.12. The number of aliphatic imine (C=N–C) groups is 1. The highest BCUT2D eigenvalue weighted by Crippen LogP contribution is 2.15. The molecule has 0 saturated heterocycles. The third-order valence-corrected chi connectivity index (χ3v) is 3.22. The fourth-order valence-corrected chi connectivity index (χ4v) is 2.12. The number of aromatic nitrogens is 2. The second kappa shape index (κ2) is 10.8. The van der Waals surface area contributed by atoms with Gasteiger partial charge in [-0.3, -0.25) is 9.67 Å². The van der Waals surface area contributed by atoms with Gasteiger partial charge in [0.25, 0.3) is 0 Å². The van der Waals surface area contributed by atoms with Crippen molar-refractivity contribution in [2.45, 2.75) is 19.0 Å². The van der Waals surface area contributed by atoms with Gasteiger partial charge < -0.3 is 20.3 Å². The summed E-state index contributed by atoms with van der Waals surface area (Å²) in [5.41, 5.74) is 1.18. The Morgan fingerprint density at radius 3 is 2.64 bits per heavy atom. The zero-order valence-corrected chi connectivity index (χ0v) is 16.7. The van der Waals surface area contributed by atoms with Crippen LogP contribution < -0.4 is 10.6 Å². The van der Waals surface area contributed by atoms with Gasteiger partial charge in [-0.2, -0.15) is 5.10 Å². The number of guanidine groups is 1. The fourth-order valence-electron chi connectivity index (χ4n) is 2.12. The molecule has 0 bridgehead atoms. The number of rotatable bonds is 7. The normalized spacial score (nSPS) is 14.4. The lowest BCUT2D eigenvalue weighted by atomic mass is 10.1. The summed E-state index contributed by atoms with van der Waals surface area (Å²) < 4.78 is 6.94. The molecule has 0 fully saturated rings. The number of hydrogen-bond acceptors (Lipinski definition) is 4. The Bertz CT molecular complexity index is 448. The number of nitrogens with one attached hydrogen (secondary N) is 2. The molecule has 1 heterocycles. The molecule has 0 aromatic carbocycles. The molecule has 128 valence electrons. The van der Waals surface area contributed by atoms with Gasteiger partial charge in [0.05, 0.1) is 18.8 Å².